The van der Waals surface area contributed by atoms with E-state index in [1.54, 1.807) is 11.4 Å². The summed E-state index contributed by atoms with van der Waals surface area (Å²) in [7, 11) is 0. The SMILES string of the molecule is CCOC(=O)[C@](NC(C)=O)(Nc1ccccc1)C(F)(F)F. The molecule has 0 unspecified atom stereocenters. The molecule has 1 atom stereocenters. The number of nitrogens with one attached hydrogen (secondary N) is 2. The molecule has 0 saturated carbocycles. The first-order valence-electron chi connectivity index (χ1n) is 6.09. The van der Waals surface area contributed by atoms with Gasteiger partial charge in [-0.2, -0.15) is 13.2 Å². The molecular formula is C13H15F3N2O3. The second-order valence-corrected chi connectivity index (χ2v) is 4.14. The molecule has 0 radical (unpaired) electrons. The second-order valence-electron chi connectivity index (χ2n) is 4.14. The Balaban J connectivity index is 3.29. The number of alkyl halides is 3. The topological polar surface area (TPSA) is 67.4 Å². The summed E-state index contributed by atoms with van der Waals surface area (Å²) in [6.45, 7) is 1.99. The Morgan fingerprint density at radius 2 is 1.76 bits per heavy atom. The number of carbonyl (C=O) groups is 2. The lowest BCUT2D eigenvalue weighted by atomic mass is 10.1. The van der Waals surface area contributed by atoms with Crippen molar-refractivity contribution in [3.63, 3.8) is 0 Å². The van der Waals surface area contributed by atoms with E-state index < -0.39 is 23.7 Å². The molecule has 2 N–H and O–H groups in total. The lowest BCUT2D eigenvalue weighted by Gasteiger charge is -2.35. The van der Waals surface area contributed by atoms with E-state index in [-0.39, 0.29) is 12.3 Å². The minimum atomic E-state index is -5.10. The van der Waals surface area contributed by atoms with Gasteiger partial charge in [-0.1, -0.05) is 18.2 Å². The first kappa shape index (κ1) is 16.8. The van der Waals surface area contributed by atoms with Crippen LogP contribution < -0.4 is 10.6 Å². The van der Waals surface area contributed by atoms with E-state index in [1.807, 2.05) is 5.32 Å². The van der Waals surface area contributed by atoms with Crippen molar-refractivity contribution in [2.24, 2.45) is 0 Å². The quantitative estimate of drug-likeness (QED) is 0.645. The standard InChI is InChI=1S/C13H15F3N2O3/c1-3-21-11(20)12(13(14,15)16,17-9(2)19)18-10-7-5-4-6-8-10/h4-8,18H,3H2,1-2H3,(H,17,19)/t12-/m0/s1. The van der Waals surface area contributed by atoms with Gasteiger partial charge in [0.2, 0.25) is 5.91 Å². The number of hydrogen-bond acceptors (Lipinski definition) is 4. The number of carbonyl (C=O) groups excluding carboxylic acids is 2. The maximum atomic E-state index is 13.4. The van der Waals surface area contributed by atoms with E-state index in [2.05, 4.69) is 4.74 Å². The Hall–Kier alpha value is -2.25. The zero-order chi connectivity index (χ0) is 16.1. The van der Waals surface area contributed by atoms with Crippen molar-refractivity contribution in [1.29, 1.82) is 0 Å². The summed E-state index contributed by atoms with van der Waals surface area (Å²) in [5.74, 6) is -2.65. The molecule has 5 nitrogen and oxygen atoms in total. The fraction of sp³-hybridized carbons (Fsp3) is 0.385. The van der Waals surface area contributed by atoms with Crippen LogP contribution in [0.5, 0.6) is 0 Å². The van der Waals surface area contributed by atoms with E-state index in [0.29, 0.717) is 0 Å². The molecule has 0 aliphatic carbocycles. The highest BCUT2D eigenvalue weighted by molar-refractivity contribution is 5.90. The Bertz CT molecular complexity index is 505. The van der Waals surface area contributed by atoms with Gasteiger partial charge in [0.1, 0.15) is 0 Å². The Morgan fingerprint density at radius 3 is 2.19 bits per heavy atom. The van der Waals surface area contributed by atoms with Gasteiger partial charge >= 0.3 is 17.8 Å². The zero-order valence-electron chi connectivity index (χ0n) is 11.5. The van der Waals surface area contributed by atoms with Gasteiger partial charge in [0.25, 0.3) is 0 Å². The lowest BCUT2D eigenvalue weighted by Crippen LogP contribution is -2.69. The number of amides is 1. The van der Waals surface area contributed by atoms with Crippen LogP contribution in [0.4, 0.5) is 18.9 Å². The molecule has 1 rings (SSSR count). The minimum absolute atomic E-state index is 0.0108. The summed E-state index contributed by atoms with van der Waals surface area (Å²) in [6.07, 6.45) is -5.10. The number of esters is 1. The Morgan fingerprint density at radius 1 is 1.19 bits per heavy atom. The molecule has 1 aromatic carbocycles. The van der Waals surface area contributed by atoms with Gasteiger partial charge in [-0.3, -0.25) is 4.79 Å². The van der Waals surface area contributed by atoms with Crippen LogP contribution in [0.3, 0.4) is 0 Å². The van der Waals surface area contributed by atoms with Crippen LogP contribution >= 0.6 is 0 Å². The van der Waals surface area contributed by atoms with Crippen molar-refractivity contribution in [3.05, 3.63) is 30.3 Å². The van der Waals surface area contributed by atoms with Crippen LogP contribution in [0.15, 0.2) is 30.3 Å². The third kappa shape index (κ3) is 3.87. The fourth-order valence-electron chi connectivity index (χ4n) is 1.63. The Labute approximate surface area is 119 Å². The number of halogens is 3. The molecule has 0 aliphatic rings. The van der Waals surface area contributed by atoms with Crippen LogP contribution in [0.25, 0.3) is 0 Å². The summed E-state index contributed by atoms with van der Waals surface area (Å²) in [4.78, 5) is 23.0. The molecule has 116 valence electrons. The number of para-hydroxylation sites is 1. The minimum Gasteiger partial charge on any atom is -0.463 e. The predicted octanol–water partition coefficient (Wildman–Crippen LogP) is 2.06. The van der Waals surface area contributed by atoms with Crippen molar-refractivity contribution in [2.75, 3.05) is 11.9 Å². The number of ether oxygens (including phenoxy) is 1. The van der Waals surface area contributed by atoms with Gasteiger partial charge in [-0.25, -0.2) is 4.79 Å². The third-order valence-corrected chi connectivity index (χ3v) is 2.48. The molecule has 0 saturated heterocycles. The average Bonchev–Trinajstić information content (AvgIpc) is 2.37. The first-order chi connectivity index (χ1) is 9.73. The van der Waals surface area contributed by atoms with Crippen LogP contribution in [-0.2, 0) is 14.3 Å². The average molecular weight is 304 g/mol. The summed E-state index contributed by atoms with van der Waals surface area (Å²) in [5.41, 5.74) is -3.33. The molecule has 0 heterocycles. The third-order valence-electron chi connectivity index (χ3n) is 2.48. The van der Waals surface area contributed by atoms with Crippen molar-refractivity contribution >= 4 is 17.6 Å². The van der Waals surface area contributed by atoms with E-state index in [0.717, 1.165) is 6.92 Å². The number of rotatable bonds is 5. The number of benzene rings is 1. The summed E-state index contributed by atoms with van der Waals surface area (Å²) < 4.78 is 44.7. The molecule has 0 aromatic heterocycles. The van der Waals surface area contributed by atoms with E-state index in [1.165, 1.54) is 31.2 Å². The fourth-order valence-corrected chi connectivity index (χ4v) is 1.63. The van der Waals surface area contributed by atoms with Crippen molar-refractivity contribution in [1.82, 2.24) is 5.32 Å². The lowest BCUT2D eigenvalue weighted by molar-refractivity contribution is -0.207. The largest absolute Gasteiger partial charge is 0.463 e. The van der Waals surface area contributed by atoms with Gasteiger partial charge in [-0.15, -0.1) is 0 Å². The first-order valence-corrected chi connectivity index (χ1v) is 6.09. The van der Waals surface area contributed by atoms with Gasteiger partial charge in [-0.05, 0) is 19.1 Å². The smallest absolute Gasteiger partial charge is 0.441 e. The van der Waals surface area contributed by atoms with Gasteiger partial charge in [0.15, 0.2) is 0 Å². The molecule has 0 fully saturated rings. The number of hydrogen-bond donors (Lipinski definition) is 2. The normalized spacial score (nSPS) is 14.0. The van der Waals surface area contributed by atoms with Crippen molar-refractivity contribution < 1.29 is 27.5 Å². The van der Waals surface area contributed by atoms with Crippen LogP contribution in [-0.4, -0.2) is 30.3 Å². The predicted molar refractivity (Wildman–Crippen MR) is 69.3 cm³/mol. The zero-order valence-corrected chi connectivity index (χ0v) is 11.5. The highest BCUT2D eigenvalue weighted by Gasteiger charge is 2.63. The van der Waals surface area contributed by atoms with E-state index in [4.69, 9.17) is 0 Å². The summed E-state index contributed by atoms with van der Waals surface area (Å²) in [5, 5.41) is 3.63. The van der Waals surface area contributed by atoms with E-state index >= 15 is 0 Å². The van der Waals surface area contributed by atoms with Gasteiger partial charge < -0.3 is 15.4 Å². The van der Waals surface area contributed by atoms with Gasteiger partial charge in [0.05, 0.1) is 6.61 Å². The highest BCUT2D eigenvalue weighted by atomic mass is 19.4. The molecule has 1 amide bonds. The molecule has 21 heavy (non-hydrogen) atoms. The van der Waals surface area contributed by atoms with Crippen molar-refractivity contribution in [2.45, 2.75) is 25.7 Å². The van der Waals surface area contributed by atoms with Crippen molar-refractivity contribution in [3.8, 4) is 0 Å². The number of anilines is 1. The van der Waals surface area contributed by atoms with Crippen LogP contribution in [0.1, 0.15) is 13.8 Å². The molecule has 0 aliphatic heterocycles. The van der Waals surface area contributed by atoms with E-state index in [9.17, 15) is 22.8 Å². The molecular weight excluding hydrogens is 289 g/mol. The second kappa shape index (κ2) is 6.47. The van der Waals surface area contributed by atoms with Crippen LogP contribution in [0.2, 0.25) is 0 Å². The van der Waals surface area contributed by atoms with Crippen LogP contribution in [0, 0.1) is 0 Å². The summed E-state index contributed by atoms with van der Waals surface area (Å²) >= 11 is 0. The molecule has 0 bridgehead atoms. The maximum Gasteiger partial charge on any atom is 0.441 e. The monoisotopic (exact) mass is 304 g/mol. The highest BCUT2D eigenvalue weighted by Crippen LogP contribution is 2.33. The molecule has 0 spiro atoms. The van der Waals surface area contributed by atoms with Gasteiger partial charge in [0, 0.05) is 12.6 Å². The Kier molecular flexibility index (Phi) is 5.17. The maximum absolute atomic E-state index is 13.4. The molecule has 8 heteroatoms. The summed E-state index contributed by atoms with van der Waals surface area (Å²) in [6, 6.07) is 7.25. The molecule has 1 aromatic rings.